The highest BCUT2D eigenvalue weighted by Gasteiger charge is 2.25. The van der Waals surface area contributed by atoms with Gasteiger partial charge in [-0.1, -0.05) is 151 Å². The third kappa shape index (κ3) is 4.85. The van der Waals surface area contributed by atoms with Gasteiger partial charge >= 0.3 is 0 Å². The van der Waals surface area contributed by atoms with E-state index in [1.54, 1.807) is 63.7 Å². The molecule has 64 heavy (non-hydrogen) atoms. The SMILES string of the molecule is [2H]c1c([2H])c(-n2c3ccccc3c3ccccc32)c(-c2cc(-n3c4ccccc4c4c([2H])c([2H])c([2H])c([2H])c43)nc(-n3c4ccccc4c4c([2H])c([2H])c([2H])c([2H])c43)n2)c(-n2c3ccccc3c3ccccc32)c1[2H]. The molecule has 0 N–H and O–H groups in total. The maximum Gasteiger partial charge on any atom is 0.237 e. The van der Waals surface area contributed by atoms with Crippen LogP contribution < -0.4 is 0 Å². The first kappa shape index (κ1) is 25.9. The lowest BCUT2D eigenvalue weighted by atomic mass is 10.0. The van der Waals surface area contributed by atoms with E-state index in [1.807, 2.05) is 106 Å². The molecule has 0 radical (unpaired) electrons. The maximum atomic E-state index is 10.1. The van der Waals surface area contributed by atoms with Crippen LogP contribution >= 0.6 is 0 Å². The zero-order valence-electron chi connectivity index (χ0n) is 44.6. The first-order valence-corrected chi connectivity index (χ1v) is 20.9. The Balaban J connectivity index is 1.26. The fourth-order valence-corrected chi connectivity index (χ4v) is 9.84. The quantitative estimate of drug-likeness (QED) is 0.173. The summed E-state index contributed by atoms with van der Waals surface area (Å²) in [6.07, 6.45) is 0. The van der Waals surface area contributed by atoms with Crippen molar-refractivity contribution in [2.24, 2.45) is 0 Å². The molecule has 5 heterocycles. The molecule has 0 bridgehead atoms. The molecule has 6 heteroatoms. The van der Waals surface area contributed by atoms with Crippen molar-refractivity contribution in [2.45, 2.75) is 0 Å². The van der Waals surface area contributed by atoms with E-state index in [9.17, 15) is 9.60 Å². The molecule has 14 rings (SSSR count). The first-order valence-electron chi connectivity index (χ1n) is 26.4. The summed E-state index contributed by atoms with van der Waals surface area (Å²) in [5.74, 6) is 0.0206. The van der Waals surface area contributed by atoms with Gasteiger partial charge in [-0.15, -0.1) is 0 Å². The van der Waals surface area contributed by atoms with Crippen LogP contribution in [-0.2, 0) is 0 Å². The number of nitrogens with zero attached hydrogens (tertiary/aromatic N) is 6. The number of hydrogen-bond donors (Lipinski definition) is 0. The van der Waals surface area contributed by atoms with Crippen LogP contribution in [0.4, 0.5) is 0 Å². The molecule has 5 aromatic heterocycles. The molecule has 298 valence electrons. The second-order valence-electron chi connectivity index (χ2n) is 15.8. The van der Waals surface area contributed by atoms with Crippen molar-refractivity contribution < 1.29 is 15.1 Å². The molecule has 0 aliphatic rings. The van der Waals surface area contributed by atoms with E-state index in [2.05, 4.69) is 0 Å². The Kier molecular flexibility index (Phi) is 5.41. The van der Waals surface area contributed by atoms with Gasteiger partial charge in [0.15, 0.2) is 0 Å². The predicted octanol–water partition coefficient (Wildman–Crippen LogP) is 14.5. The van der Waals surface area contributed by atoms with Crippen molar-refractivity contribution in [1.82, 2.24) is 28.2 Å². The van der Waals surface area contributed by atoms with Crippen LogP contribution in [0.25, 0.3) is 122 Å². The molecule has 0 aliphatic carbocycles. The molecule has 9 aromatic carbocycles. The molecular weight excluding hydrogens is 781 g/mol. The molecule has 0 unspecified atom stereocenters. The lowest BCUT2D eigenvalue weighted by Gasteiger charge is -2.21. The molecule has 0 fully saturated rings. The summed E-state index contributed by atoms with van der Waals surface area (Å²) in [7, 11) is 0. The van der Waals surface area contributed by atoms with Crippen LogP contribution in [0.1, 0.15) is 15.1 Å². The summed E-state index contributed by atoms with van der Waals surface area (Å²) < 4.78 is 110. The highest BCUT2D eigenvalue weighted by atomic mass is 15.2. The average Bonchev–Trinajstić information content (AvgIpc) is 4.20. The number of aromatic nitrogens is 6. The van der Waals surface area contributed by atoms with Crippen LogP contribution in [0.3, 0.4) is 0 Å². The normalized spacial score (nSPS) is 14.5. The first-order chi connectivity index (χ1) is 36.4. The minimum absolute atomic E-state index is 0.0835. The zero-order chi connectivity index (χ0) is 51.5. The monoisotopic (exact) mass is 827 g/mol. The van der Waals surface area contributed by atoms with Gasteiger partial charge in [-0.2, -0.15) is 4.98 Å². The second-order valence-corrected chi connectivity index (χ2v) is 15.8. The molecule has 0 spiro atoms. The molecule has 0 amide bonds. The fourth-order valence-electron chi connectivity index (χ4n) is 9.84. The molecule has 0 atom stereocenters. The lowest BCUT2D eigenvalue weighted by molar-refractivity contribution is 0.950. The summed E-state index contributed by atoms with van der Waals surface area (Å²) >= 11 is 0. The fraction of sp³-hybridized carbons (Fsp3) is 0. The van der Waals surface area contributed by atoms with Crippen LogP contribution in [0.15, 0.2) is 218 Å². The highest BCUT2D eigenvalue weighted by molar-refractivity contribution is 6.13. The van der Waals surface area contributed by atoms with E-state index in [0.717, 1.165) is 21.5 Å². The Hall–Kier alpha value is -8.74. The Morgan fingerprint density at radius 3 is 1.12 bits per heavy atom. The number of para-hydroxylation sites is 8. The van der Waals surface area contributed by atoms with E-state index in [4.69, 9.17) is 15.5 Å². The standard InChI is InChI=1S/C58H36N6/c1-9-26-46-37(18-1)38-19-2-10-27-47(38)61(46)54-34-17-35-55(62-48-28-11-3-20-39(48)40-21-4-12-29-49(40)62)57(54)45-36-56(63-50-30-13-5-22-41(50)42-23-6-14-31-51(42)63)60-58(59-45)64-52-32-15-7-24-43(52)44-25-8-16-33-53(44)64/h1-36H/i5D,7D,13D,15D,17D,22D,24D,30D,32D,34D,35D. The van der Waals surface area contributed by atoms with E-state index < -0.39 is 24.2 Å². The summed E-state index contributed by atoms with van der Waals surface area (Å²) in [4.78, 5) is 10.8. The van der Waals surface area contributed by atoms with E-state index in [-0.39, 0.29) is 98.5 Å². The summed E-state index contributed by atoms with van der Waals surface area (Å²) in [6.45, 7) is 0. The number of fused-ring (bicyclic) bond motifs is 12. The van der Waals surface area contributed by atoms with Crippen molar-refractivity contribution in [1.29, 1.82) is 0 Å². The maximum absolute atomic E-state index is 10.1. The third-order valence-corrected chi connectivity index (χ3v) is 12.4. The minimum Gasteiger partial charge on any atom is -0.308 e. The van der Waals surface area contributed by atoms with Gasteiger partial charge in [0.1, 0.15) is 5.82 Å². The van der Waals surface area contributed by atoms with Gasteiger partial charge in [0.2, 0.25) is 5.95 Å². The Morgan fingerprint density at radius 1 is 0.312 bits per heavy atom. The van der Waals surface area contributed by atoms with Crippen molar-refractivity contribution in [3.8, 4) is 34.4 Å². The van der Waals surface area contributed by atoms with Gasteiger partial charge in [-0.3, -0.25) is 9.13 Å². The largest absolute Gasteiger partial charge is 0.308 e. The Labute approximate surface area is 382 Å². The van der Waals surface area contributed by atoms with Gasteiger partial charge in [0, 0.05) is 54.7 Å². The predicted molar refractivity (Wildman–Crippen MR) is 265 cm³/mol. The minimum atomic E-state index is -0.475. The van der Waals surface area contributed by atoms with Crippen molar-refractivity contribution in [3.05, 3.63) is 218 Å². The lowest BCUT2D eigenvalue weighted by Crippen LogP contribution is -2.10. The van der Waals surface area contributed by atoms with E-state index >= 15 is 0 Å². The van der Waals surface area contributed by atoms with Crippen LogP contribution in [0.5, 0.6) is 0 Å². The van der Waals surface area contributed by atoms with Crippen LogP contribution in [0.2, 0.25) is 0 Å². The topological polar surface area (TPSA) is 45.5 Å². The number of hydrogen-bond acceptors (Lipinski definition) is 2. The smallest absolute Gasteiger partial charge is 0.237 e. The van der Waals surface area contributed by atoms with E-state index in [1.165, 1.54) is 0 Å². The van der Waals surface area contributed by atoms with Crippen LogP contribution in [0, 0.1) is 0 Å². The summed E-state index contributed by atoms with van der Waals surface area (Å²) in [5.41, 5.74) is 4.79. The molecule has 14 aromatic rings. The molecule has 0 aliphatic heterocycles. The zero-order valence-corrected chi connectivity index (χ0v) is 33.6. The van der Waals surface area contributed by atoms with Gasteiger partial charge in [-0.25, -0.2) is 4.98 Å². The van der Waals surface area contributed by atoms with Crippen molar-refractivity contribution in [3.63, 3.8) is 0 Å². The van der Waals surface area contributed by atoms with Gasteiger partial charge in [-0.05, 0) is 60.6 Å². The Bertz CT molecular complexity index is 4470. The summed E-state index contributed by atoms with van der Waals surface area (Å²) in [5, 5.41) is 5.00. The highest BCUT2D eigenvalue weighted by Crippen LogP contribution is 2.43. The molecule has 6 nitrogen and oxygen atoms in total. The van der Waals surface area contributed by atoms with Gasteiger partial charge in [0.05, 0.1) is 76.3 Å². The number of rotatable bonds is 5. The van der Waals surface area contributed by atoms with Crippen molar-refractivity contribution >= 4 is 87.2 Å². The van der Waals surface area contributed by atoms with E-state index in [0.29, 0.717) is 43.9 Å². The second kappa shape index (κ2) is 13.4. The Morgan fingerprint density at radius 2 is 0.672 bits per heavy atom. The van der Waals surface area contributed by atoms with Gasteiger partial charge in [0.25, 0.3) is 0 Å². The average molecular weight is 828 g/mol. The van der Waals surface area contributed by atoms with Crippen LogP contribution in [-0.4, -0.2) is 28.2 Å². The van der Waals surface area contributed by atoms with Gasteiger partial charge < -0.3 is 9.13 Å². The number of benzene rings is 9. The summed E-state index contributed by atoms with van der Waals surface area (Å²) in [6, 6.07) is 43.3. The molecular formula is C58H36N6. The third-order valence-electron chi connectivity index (χ3n) is 12.4. The van der Waals surface area contributed by atoms with Crippen molar-refractivity contribution in [2.75, 3.05) is 0 Å². The molecule has 0 saturated carbocycles. The molecule has 0 saturated heterocycles.